The lowest BCUT2D eigenvalue weighted by molar-refractivity contribution is -0.135. The fourth-order valence-corrected chi connectivity index (χ4v) is 1.99. The molecule has 2 unspecified atom stereocenters. The maximum absolute atomic E-state index is 12.1. The lowest BCUT2D eigenvalue weighted by Gasteiger charge is -2.27. The molecule has 0 saturated heterocycles. The number of carbonyl (C=O) groups excluding carboxylic acids is 1. The van der Waals surface area contributed by atoms with Crippen molar-refractivity contribution in [3.8, 4) is 5.75 Å². The highest BCUT2D eigenvalue weighted by Gasteiger charge is 2.21. The van der Waals surface area contributed by atoms with Gasteiger partial charge in [-0.15, -0.1) is 12.4 Å². The predicted octanol–water partition coefficient (Wildman–Crippen LogP) is 2.10. The zero-order chi connectivity index (χ0) is 14.4. The van der Waals surface area contributed by atoms with Gasteiger partial charge in [0.25, 0.3) is 0 Å². The number of ether oxygens (including phenoxy) is 1. The predicted molar refractivity (Wildman–Crippen MR) is 84.4 cm³/mol. The lowest BCUT2D eigenvalue weighted by atomic mass is 10.0. The maximum Gasteiger partial charge on any atom is 0.226 e. The fourth-order valence-electron chi connectivity index (χ4n) is 1.99. The Morgan fingerprint density at radius 2 is 1.95 bits per heavy atom. The normalized spacial score (nSPS) is 13.1. The summed E-state index contributed by atoms with van der Waals surface area (Å²) in [6, 6.07) is 8.00. The van der Waals surface area contributed by atoms with E-state index in [9.17, 15) is 4.79 Å². The van der Waals surface area contributed by atoms with Crippen LogP contribution in [0.1, 0.15) is 19.4 Å². The van der Waals surface area contributed by atoms with Gasteiger partial charge in [-0.25, -0.2) is 0 Å². The summed E-state index contributed by atoms with van der Waals surface area (Å²) < 4.78 is 5.33. The van der Waals surface area contributed by atoms with Crippen LogP contribution in [0.2, 0.25) is 0 Å². The summed E-state index contributed by atoms with van der Waals surface area (Å²) in [5.41, 5.74) is 6.65. The molecule has 0 fully saturated rings. The number of nitrogens with zero attached hydrogens (tertiary/aromatic N) is 1. The molecule has 0 heterocycles. The highest BCUT2D eigenvalue weighted by molar-refractivity contribution is 5.85. The van der Waals surface area contributed by atoms with Gasteiger partial charge in [0, 0.05) is 25.6 Å². The van der Waals surface area contributed by atoms with E-state index in [0.29, 0.717) is 6.54 Å². The van der Waals surface area contributed by atoms with Gasteiger partial charge in [-0.1, -0.05) is 25.1 Å². The Kier molecular flexibility index (Phi) is 8.26. The quantitative estimate of drug-likeness (QED) is 0.875. The molecule has 1 rings (SSSR count). The van der Waals surface area contributed by atoms with E-state index in [1.54, 1.807) is 12.0 Å². The number of hydrogen-bond donors (Lipinski definition) is 1. The summed E-state index contributed by atoms with van der Waals surface area (Å²) in [5, 5.41) is 0. The molecule has 2 atom stereocenters. The third kappa shape index (κ3) is 4.69. The molecule has 2 N–H and O–H groups in total. The number of benzene rings is 1. The van der Waals surface area contributed by atoms with Crippen molar-refractivity contribution in [2.45, 2.75) is 26.3 Å². The van der Waals surface area contributed by atoms with Crippen LogP contribution in [0.5, 0.6) is 5.75 Å². The van der Waals surface area contributed by atoms with Crippen molar-refractivity contribution in [2.24, 2.45) is 11.7 Å². The third-order valence-corrected chi connectivity index (χ3v) is 3.49. The molecule has 1 aromatic rings. The Morgan fingerprint density at radius 3 is 2.50 bits per heavy atom. The minimum absolute atomic E-state index is 0. The van der Waals surface area contributed by atoms with Gasteiger partial charge in [0.05, 0.1) is 7.11 Å². The number of nitrogens with two attached hydrogens (primary N) is 1. The van der Waals surface area contributed by atoms with E-state index in [1.165, 1.54) is 0 Å². The topological polar surface area (TPSA) is 55.6 Å². The van der Waals surface area contributed by atoms with Crippen LogP contribution in [-0.4, -0.2) is 37.6 Å². The first-order valence-corrected chi connectivity index (χ1v) is 6.59. The molecule has 0 radical (unpaired) electrons. The summed E-state index contributed by atoms with van der Waals surface area (Å²) in [7, 11) is 3.49. The number of carbonyl (C=O) groups is 1. The number of para-hydroxylation sites is 1. The Bertz CT molecular complexity index is 426. The molecule has 20 heavy (non-hydrogen) atoms. The van der Waals surface area contributed by atoms with Crippen LogP contribution < -0.4 is 10.5 Å². The number of methoxy groups -OCH3 is 1. The van der Waals surface area contributed by atoms with Crippen molar-refractivity contribution in [1.82, 2.24) is 4.90 Å². The number of likely N-dealkylation sites (N-methyl/N-ethyl adjacent to an activating group) is 1. The van der Waals surface area contributed by atoms with Crippen LogP contribution in [-0.2, 0) is 11.2 Å². The zero-order valence-electron chi connectivity index (χ0n) is 12.6. The van der Waals surface area contributed by atoms with Gasteiger partial charge in [-0.2, -0.15) is 0 Å². The monoisotopic (exact) mass is 300 g/mol. The summed E-state index contributed by atoms with van der Waals surface area (Å²) in [6.07, 6.45) is 0.767. The Hall–Kier alpha value is -1.26. The van der Waals surface area contributed by atoms with E-state index < -0.39 is 0 Å². The molecule has 0 saturated carbocycles. The van der Waals surface area contributed by atoms with E-state index in [-0.39, 0.29) is 30.3 Å². The van der Waals surface area contributed by atoms with Crippen molar-refractivity contribution in [1.29, 1.82) is 0 Å². The van der Waals surface area contributed by atoms with Crippen LogP contribution in [0.15, 0.2) is 24.3 Å². The van der Waals surface area contributed by atoms with Gasteiger partial charge in [-0.3, -0.25) is 4.79 Å². The van der Waals surface area contributed by atoms with Crippen LogP contribution >= 0.6 is 12.4 Å². The van der Waals surface area contributed by atoms with Crippen LogP contribution in [0.3, 0.4) is 0 Å². The molecule has 0 bridgehead atoms. The van der Waals surface area contributed by atoms with E-state index >= 15 is 0 Å². The first kappa shape index (κ1) is 18.7. The fraction of sp³-hybridized carbons (Fsp3) is 0.533. The number of amides is 1. The second-order valence-corrected chi connectivity index (χ2v) is 4.95. The van der Waals surface area contributed by atoms with Crippen molar-refractivity contribution in [3.05, 3.63) is 29.8 Å². The van der Waals surface area contributed by atoms with E-state index in [1.807, 2.05) is 45.2 Å². The lowest BCUT2D eigenvalue weighted by Crippen LogP contribution is -2.41. The van der Waals surface area contributed by atoms with Gasteiger partial charge >= 0.3 is 0 Å². The second-order valence-electron chi connectivity index (χ2n) is 4.95. The average molecular weight is 301 g/mol. The first-order valence-electron chi connectivity index (χ1n) is 6.59. The number of halogens is 1. The minimum Gasteiger partial charge on any atom is -0.496 e. The van der Waals surface area contributed by atoms with Crippen molar-refractivity contribution < 1.29 is 9.53 Å². The third-order valence-electron chi connectivity index (χ3n) is 3.49. The molecular weight excluding hydrogens is 276 g/mol. The van der Waals surface area contributed by atoms with Gasteiger partial charge in [-0.05, 0) is 25.0 Å². The van der Waals surface area contributed by atoms with Crippen LogP contribution in [0.25, 0.3) is 0 Å². The summed E-state index contributed by atoms with van der Waals surface area (Å²) in [6.45, 7) is 4.27. The number of hydrogen-bond acceptors (Lipinski definition) is 3. The van der Waals surface area contributed by atoms with Crippen LogP contribution in [0.4, 0.5) is 0 Å². The Balaban J connectivity index is 0.00000361. The highest BCUT2D eigenvalue weighted by Crippen LogP contribution is 2.20. The highest BCUT2D eigenvalue weighted by atomic mass is 35.5. The SMILES string of the molecule is COc1ccccc1CC(C)N(C)C(=O)C(C)CN.Cl. The maximum atomic E-state index is 12.1. The molecule has 114 valence electrons. The minimum atomic E-state index is -0.134. The summed E-state index contributed by atoms with van der Waals surface area (Å²) in [5.74, 6) is 0.817. The summed E-state index contributed by atoms with van der Waals surface area (Å²) in [4.78, 5) is 13.8. The smallest absolute Gasteiger partial charge is 0.226 e. The molecule has 0 aliphatic heterocycles. The molecule has 0 aliphatic rings. The number of rotatable bonds is 6. The van der Waals surface area contributed by atoms with Gasteiger partial charge < -0.3 is 15.4 Å². The van der Waals surface area contributed by atoms with E-state index in [2.05, 4.69) is 0 Å². The molecule has 1 amide bonds. The van der Waals surface area contributed by atoms with Gasteiger partial charge in [0.1, 0.15) is 5.75 Å². The Morgan fingerprint density at radius 1 is 1.35 bits per heavy atom. The summed E-state index contributed by atoms with van der Waals surface area (Å²) >= 11 is 0. The zero-order valence-corrected chi connectivity index (χ0v) is 13.4. The molecule has 4 nitrogen and oxygen atoms in total. The van der Waals surface area contributed by atoms with Crippen molar-refractivity contribution in [2.75, 3.05) is 20.7 Å². The van der Waals surface area contributed by atoms with Gasteiger partial charge in [0.15, 0.2) is 0 Å². The average Bonchev–Trinajstić information content (AvgIpc) is 2.45. The largest absolute Gasteiger partial charge is 0.496 e. The standard InChI is InChI=1S/C15H24N2O2.ClH/c1-11(10-16)15(18)17(3)12(2)9-13-7-5-6-8-14(13)19-4;/h5-8,11-12H,9-10,16H2,1-4H3;1H. The Labute approximate surface area is 127 Å². The van der Waals surface area contributed by atoms with Crippen molar-refractivity contribution >= 4 is 18.3 Å². The van der Waals surface area contributed by atoms with Crippen molar-refractivity contribution in [3.63, 3.8) is 0 Å². The molecule has 5 heteroatoms. The molecule has 0 aromatic heterocycles. The molecule has 1 aromatic carbocycles. The van der Waals surface area contributed by atoms with Crippen LogP contribution in [0, 0.1) is 5.92 Å². The van der Waals surface area contributed by atoms with Gasteiger partial charge in [0.2, 0.25) is 5.91 Å². The molecule has 0 aliphatic carbocycles. The second kappa shape index (κ2) is 8.82. The van der Waals surface area contributed by atoms with E-state index in [0.717, 1.165) is 17.7 Å². The molecular formula is C15H25ClN2O2. The first-order chi connectivity index (χ1) is 9.01. The molecule has 0 spiro atoms. The van der Waals surface area contributed by atoms with E-state index in [4.69, 9.17) is 10.5 Å².